The van der Waals surface area contributed by atoms with Gasteiger partial charge in [-0.15, -0.1) is 0 Å². The summed E-state index contributed by atoms with van der Waals surface area (Å²) in [5.41, 5.74) is 3.82. The second-order valence-electron chi connectivity index (χ2n) is 7.85. The average Bonchev–Trinajstić information content (AvgIpc) is 2.84. The van der Waals surface area contributed by atoms with E-state index in [1.165, 1.54) is 0 Å². The topological polar surface area (TPSA) is 85.9 Å². The Kier molecular flexibility index (Phi) is 8.51. The van der Waals surface area contributed by atoms with E-state index >= 15 is 0 Å². The molecule has 0 bridgehead atoms. The third-order valence-corrected chi connectivity index (χ3v) is 5.30. The minimum absolute atomic E-state index is 0.153. The first-order valence-electron chi connectivity index (χ1n) is 11.0. The first-order valence-corrected chi connectivity index (χ1v) is 11.0. The van der Waals surface area contributed by atoms with Crippen molar-refractivity contribution in [2.24, 2.45) is 0 Å². The third-order valence-electron chi connectivity index (χ3n) is 5.30. The number of ether oxygens (including phenoxy) is 3. The van der Waals surface area contributed by atoms with Crippen molar-refractivity contribution in [2.45, 2.75) is 20.3 Å². The van der Waals surface area contributed by atoms with Gasteiger partial charge in [0.1, 0.15) is 5.75 Å². The SMILES string of the molecule is COc1ccc(CCNC(=O)c2ccccc2NC(=O)COc2cc(C)ccc2C)cc1OC. The monoisotopic (exact) mass is 462 g/mol. The second kappa shape index (κ2) is 11.7. The summed E-state index contributed by atoms with van der Waals surface area (Å²) in [6.45, 7) is 4.16. The van der Waals surface area contributed by atoms with Gasteiger partial charge < -0.3 is 24.8 Å². The molecule has 0 radical (unpaired) electrons. The molecule has 0 atom stereocenters. The molecular weight excluding hydrogens is 432 g/mol. The highest BCUT2D eigenvalue weighted by Gasteiger charge is 2.14. The summed E-state index contributed by atoms with van der Waals surface area (Å²) in [6.07, 6.45) is 0.615. The van der Waals surface area contributed by atoms with E-state index in [-0.39, 0.29) is 18.4 Å². The van der Waals surface area contributed by atoms with Crippen molar-refractivity contribution in [2.75, 3.05) is 32.7 Å². The zero-order chi connectivity index (χ0) is 24.5. The normalized spacial score (nSPS) is 10.4. The van der Waals surface area contributed by atoms with Gasteiger partial charge in [0, 0.05) is 6.54 Å². The highest BCUT2D eigenvalue weighted by molar-refractivity contribution is 6.04. The molecule has 3 rings (SSSR count). The number of hydrogen-bond acceptors (Lipinski definition) is 5. The van der Waals surface area contributed by atoms with Crippen LogP contribution in [0.3, 0.4) is 0 Å². The summed E-state index contributed by atoms with van der Waals surface area (Å²) in [5, 5.41) is 5.68. The minimum atomic E-state index is -0.341. The highest BCUT2D eigenvalue weighted by atomic mass is 16.5. The first kappa shape index (κ1) is 24.6. The molecule has 7 heteroatoms. The average molecular weight is 463 g/mol. The molecule has 0 unspecified atom stereocenters. The van der Waals surface area contributed by atoms with Crippen LogP contribution in [0.1, 0.15) is 27.0 Å². The Bertz CT molecular complexity index is 1160. The number of carbonyl (C=O) groups is 2. The molecule has 0 aliphatic carbocycles. The smallest absolute Gasteiger partial charge is 0.262 e. The van der Waals surface area contributed by atoms with Crippen LogP contribution in [0.25, 0.3) is 0 Å². The number of nitrogens with one attached hydrogen (secondary N) is 2. The predicted molar refractivity (Wildman–Crippen MR) is 132 cm³/mol. The minimum Gasteiger partial charge on any atom is -0.493 e. The van der Waals surface area contributed by atoms with Crippen LogP contribution in [0.4, 0.5) is 5.69 Å². The first-order chi connectivity index (χ1) is 16.4. The van der Waals surface area contributed by atoms with Crippen LogP contribution in [0.15, 0.2) is 60.7 Å². The van der Waals surface area contributed by atoms with Gasteiger partial charge in [0.15, 0.2) is 18.1 Å². The van der Waals surface area contributed by atoms with Gasteiger partial charge in [0.25, 0.3) is 11.8 Å². The number of carbonyl (C=O) groups excluding carboxylic acids is 2. The lowest BCUT2D eigenvalue weighted by Gasteiger charge is -2.13. The van der Waals surface area contributed by atoms with Crippen molar-refractivity contribution < 1.29 is 23.8 Å². The van der Waals surface area contributed by atoms with Crippen LogP contribution in [0.5, 0.6) is 17.2 Å². The Labute approximate surface area is 200 Å². The van der Waals surface area contributed by atoms with E-state index in [4.69, 9.17) is 14.2 Å². The lowest BCUT2D eigenvalue weighted by molar-refractivity contribution is -0.118. The van der Waals surface area contributed by atoms with E-state index in [1.807, 2.05) is 50.2 Å². The molecule has 0 heterocycles. The number of aryl methyl sites for hydroxylation is 2. The summed E-state index contributed by atoms with van der Waals surface area (Å²) in [6, 6.07) is 18.4. The molecule has 0 aromatic heterocycles. The number of methoxy groups -OCH3 is 2. The standard InChI is InChI=1S/C27H30N2O5/c1-18-9-10-19(2)24(15-18)34-17-26(30)29-22-8-6-5-7-21(22)27(31)28-14-13-20-11-12-23(32-3)25(16-20)33-4/h5-12,15-16H,13-14,17H2,1-4H3,(H,28,31)(H,29,30). The van der Waals surface area contributed by atoms with Crippen molar-refractivity contribution in [1.29, 1.82) is 0 Å². The van der Waals surface area contributed by atoms with Crippen LogP contribution in [0.2, 0.25) is 0 Å². The number of amides is 2. The molecule has 0 aliphatic heterocycles. The van der Waals surface area contributed by atoms with E-state index in [0.717, 1.165) is 16.7 Å². The summed E-state index contributed by atoms with van der Waals surface area (Å²) in [5.74, 6) is 1.35. The number of anilines is 1. The molecule has 0 saturated carbocycles. The fourth-order valence-electron chi connectivity index (χ4n) is 3.43. The summed E-state index contributed by atoms with van der Waals surface area (Å²) in [7, 11) is 3.17. The maximum atomic E-state index is 12.8. The van der Waals surface area contributed by atoms with E-state index in [2.05, 4.69) is 10.6 Å². The summed E-state index contributed by atoms with van der Waals surface area (Å²) in [4.78, 5) is 25.3. The van der Waals surface area contributed by atoms with Crippen molar-refractivity contribution in [1.82, 2.24) is 5.32 Å². The van der Waals surface area contributed by atoms with Crippen molar-refractivity contribution in [3.63, 3.8) is 0 Å². The Hall–Kier alpha value is -4.00. The lowest BCUT2D eigenvalue weighted by Crippen LogP contribution is -2.28. The van der Waals surface area contributed by atoms with Crippen LogP contribution in [0, 0.1) is 13.8 Å². The molecule has 178 valence electrons. The zero-order valence-corrected chi connectivity index (χ0v) is 19.9. The van der Waals surface area contributed by atoms with Crippen molar-refractivity contribution >= 4 is 17.5 Å². The fraction of sp³-hybridized carbons (Fsp3) is 0.259. The van der Waals surface area contributed by atoms with Crippen molar-refractivity contribution in [3.05, 3.63) is 82.9 Å². The molecule has 0 spiro atoms. The number of benzene rings is 3. The molecule has 0 saturated heterocycles. The third kappa shape index (κ3) is 6.51. The lowest BCUT2D eigenvalue weighted by atomic mass is 10.1. The second-order valence-corrected chi connectivity index (χ2v) is 7.85. The van der Waals surface area contributed by atoms with Crippen LogP contribution >= 0.6 is 0 Å². The molecule has 3 aromatic carbocycles. The van der Waals surface area contributed by atoms with E-state index in [0.29, 0.717) is 41.5 Å². The van der Waals surface area contributed by atoms with Gasteiger partial charge in [0.05, 0.1) is 25.5 Å². The predicted octanol–water partition coefficient (Wildman–Crippen LogP) is 4.31. The molecule has 0 aliphatic rings. The van der Waals surface area contributed by atoms with Gasteiger partial charge in [-0.25, -0.2) is 0 Å². The number of rotatable bonds is 10. The molecule has 7 nitrogen and oxygen atoms in total. The van der Waals surface area contributed by atoms with Crippen molar-refractivity contribution in [3.8, 4) is 17.2 Å². The molecule has 2 N–H and O–H groups in total. The van der Waals surface area contributed by atoms with Gasteiger partial charge in [0.2, 0.25) is 0 Å². The van der Waals surface area contributed by atoms with Gasteiger partial charge >= 0.3 is 0 Å². The molecule has 3 aromatic rings. The number of para-hydroxylation sites is 1. The van der Waals surface area contributed by atoms with E-state index < -0.39 is 0 Å². The molecule has 0 fully saturated rings. The maximum Gasteiger partial charge on any atom is 0.262 e. The summed E-state index contributed by atoms with van der Waals surface area (Å²) >= 11 is 0. The van der Waals surface area contributed by atoms with Gasteiger partial charge in [-0.3, -0.25) is 9.59 Å². The largest absolute Gasteiger partial charge is 0.493 e. The quantitative estimate of drug-likeness (QED) is 0.469. The number of hydrogen-bond donors (Lipinski definition) is 2. The molecule has 34 heavy (non-hydrogen) atoms. The van der Waals surface area contributed by atoms with Crippen LogP contribution in [-0.4, -0.2) is 39.2 Å². The summed E-state index contributed by atoms with van der Waals surface area (Å²) < 4.78 is 16.2. The van der Waals surface area contributed by atoms with E-state index in [9.17, 15) is 9.59 Å². The van der Waals surface area contributed by atoms with E-state index in [1.54, 1.807) is 38.5 Å². The fourth-order valence-corrected chi connectivity index (χ4v) is 3.43. The van der Waals surface area contributed by atoms with Crippen LogP contribution in [-0.2, 0) is 11.2 Å². The highest BCUT2D eigenvalue weighted by Crippen LogP contribution is 2.27. The molecule has 2 amide bonds. The van der Waals surface area contributed by atoms with Gasteiger partial charge in [-0.2, -0.15) is 0 Å². The maximum absolute atomic E-state index is 12.8. The Morgan fingerprint density at radius 3 is 2.38 bits per heavy atom. The van der Waals surface area contributed by atoms with Gasteiger partial charge in [-0.05, 0) is 67.3 Å². The Morgan fingerprint density at radius 2 is 1.62 bits per heavy atom. The molecular formula is C27H30N2O5. The van der Waals surface area contributed by atoms with Crippen LogP contribution < -0.4 is 24.8 Å². The Morgan fingerprint density at radius 1 is 0.853 bits per heavy atom. The van der Waals surface area contributed by atoms with Gasteiger partial charge in [-0.1, -0.05) is 30.3 Å². The Balaban J connectivity index is 1.57. The zero-order valence-electron chi connectivity index (χ0n) is 19.9.